The number of carbonyl (C=O) groups excluding carboxylic acids is 3. The number of ether oxygens (including phenoxy) is 1. The molecule has 0 spiro atoms. The van der Waals surface area contributed by atoms with Gasteiger partial charge in [-0.15, -0.1) is 0 Å². The third kappa shape index (κ3) is 7.70. The molecule has 9 nitrogen and oxygen atoms in total. The zero-order valence-electron chi connectivity index (χ0n) is 24.3. The zero-order valence-corrected chi connectivity index (χ0v) is 25.9. The summed E-state index contributed by atoms with van der Waals surface area (Å²) in [6.07, 6.45) is 5.70. The molecule has 0 saturated heterocycles. The molecule has 5 rings (SSSR count). The van der Waals surface area contributed by atoms with Crippen molar-refractivity contribution in [2.45, 2.75) is 13.5 Å². The first-order valence-electron chi connectivity index (χ1n) is 13.8. The molecule has 0 fully saturated rings. The Balaban J connectivity index is 1.16. The van der Waals surface area contributed by atoms with Gasteiger partial charge in [0.05, 0.1) is 29.1 Å². The second-order valence-electron chi connectivity index (χ2n) is 10.0. The SMILES string of the molecule is Cc1ccc2cccc(OCc3c(Cl)ccc(N(C)C(=O)CNC(=O)/C=C/c4ccc(NC(=O)c5ccoc5)cc4)c3Cl)c2n1. The number of amides is 3. The van der Waals surface area contributed by atoms with Gasteiger partial charge in [-0.05, 0) is 61.0 Å². The molecule has 0 aliphatic heterocycles. The van der Waals surface area contributed by atoms with E-state index >= 15 is 0 Å². The minimum Gasteiger partial charge on any atom is -0.487 e. The number of furan rings is 1. The van der Waals surface area contributed by atoms with E-state index < -0.39 is 5.91 Å². The monoisotopic (exact) mass is 642 g/mol. The number of nitrogens with zero attached hydrogens (tertiary/aromatic N) is 2. The van der Waals surface area contributed by atoms with Crippen LogP contribution >= 0.6 is 23.2 Å². The fourth-order valence-corrected chi connectivity index (χ4v) is 4.99. The van der Waals surface area contributed by atoms with Crippen molar-refractivity contribution in [1.29, 1.82) is 0 Å². The summed E-state index contributed by atoms with van der Waals surface area (Å²) in [5.41, 5.74) is 4.25. The number of carbonyl (C=O) groups is 3. The van der Waals surface area contributed by atoms with E-state index in [1.807, 2.05) is 37.3 Å². The predicted octanol–water partition coefficient (Wildman–Crippen LogP) is 7.07. The summed E-state index contributed by atoms with van der Waals surface area (Å²) >= 11 is 13.2. The van der Waals surface area contributed by atoms with Crippen molar-refractivity contribution in [3.8, 4) is 5.75 Å². The Morgan fingerprint density at radius 2 is 1.80 bits per heavy atom. The summed E-state index contributed by atoms with van der Waals surface area (Å²) in [5.74, 6) is -0.551. The second kappa shape index (κ2) is 14.1. The first-order chi connectivity index (χ1) is 21.7. The Morgan fingerprint density at radius 1 is 1.00 bits per heavy atom. The number of likely N-dealkylation sites (N-methyl/N-ethyl adjacent to an activating group) is 1. The van der Waals surface area contributed by atoms with Crippen molar-refractivity contribution < 1.29 is 23.5 Å². The molecule has 0 aliphatic rings. The molecule has 2 heterocycles. The maximum Gasteiger partial charge on any atom is 0.258 e. The molecule has 228 valence electrons. The lowest BCUT2D eigenvalue weighted by atomic mass is 10.1. The Bertz CT molecular complexity index is 1890. The molecule has 0 saturated carbocycles. The Morgan fingerprint density at radius 3 is 2.56 bits per heavy atom. The minimum absolute atomic E-state index is 0.0571. The standard InChI is InChI=1S/C34H28Cl2N4O5/c1-21-6-10-23-4-3-5-29(33(23)38-21)45-20-26-27(35)13-14-28(32(26)36)40(2)31(42)18-37-30(41)15-9-22-7-11-25(12-8-22)39-34(43)24-16-17-44-19-24/h3-17,19H,18,20H2,1-2H3,(H,37,41)(H,39,43)/b15-9+. The van der Waals surface area contributed by atoms with E-state index in [1.165, 1.54) is 23.5 Å². The summed E-state index contributed by atoms with van der Waals surface area (Å²) < 4.78 is 11.0. The van der Waals surface area contributed by atoms with Crippen LogP contribution in [0.1, 0.15) is 27.2 Å². The van der Waals surface area contributed by atoms with E-state index in [1.54, 1.807) is 55.6 Å². The van der Waals surface area contributed by atoms with Gasteiger partial charge in [-0.25, -0.2) is 4.98 Å². The molecule has 0 unspecified atom stereocenters. The first-order valence-corrected chi connectivity index (χ1v) is 14.6. The molecule has 2 N–H and O–H groups in total. The van der Waals surface area contributed by atoms with Gasteiger partial charge in [0.1, 0.15) is 24.1 Å². The molecule has 2 aromatic heterocycles. The van der Waals surface area contributed by atoms with Crippen LogP contribution in [0.3, 0.4) is 0 Å². The van der Waals surface area contributed by atoms with Gasteiger partial charge in [0.2, 0.25) is 11.8 Å². The number of benzene rings is 3. The summed E-state index contributed by atoms with van der Waals surface area (Å²) in [5, 5.41) is 6.94. The highest BCUT2D eigenvalue weighted by molar-refractivity contribution is 6.38. The molecule has 5 aromatic rings. The normalized spacial score (nSPS) is 11.0. The van der Waals surface area contributed by atoms with Gasteiger partial charge in [0.15, 0.2) is 0 Å². The third-order valence-electron chi connectivity index (χ3n) is 6.89. The van der Waals surface area contributed by atoms with E-state index in [2.05, 4.69) is 15.6 Å². The number of hydrogen-bond acceptors (Lipinski definition) is 6. The second-order valence-corrected chi connectivity index (χ2v) is 10.8. The van der Waals surface area contributed by atoms with E-state index in [-0.39, 0.29) is 30.0 Å². The molecule has 0 bridgehead atoms. The van der Waals surface area contributed by atoms with Gasteiger partial charge in [-0.1, -0.05) is 53.5 Å². The average Bonchev–Trinajstić information content (AvgIpc) is 3.59. The molecule has 3 amide bonds. The molecule has 3 aromatic carbocycles. The topological polar surface area (TPSA) is 114 Å². The quantitative estimate of drug-likeness (QED) is 0.158. The minimum atomic E-state index is -0.454. The van der Waals surface area contributed by atoms with Crippen molar-refractivity contribution in [3.63, 3.8) is 0 Å². The van der Waals surface area contributed by atoms with Gasteiger partial charge in [0.25, 0.3) is 5.91 Å². The van der Waals surface area contributed by atoms with Crippen molar-refractivity contribution in [2.24, 2.45) is 0 Å². The smallest absolute Gasteiger partial charge is 0.258 e. The number of hydrogen-bond donors (Lipinski definition) is 2. The molecule has 0 atom stereocenters. The number of nitrogens with one attached hydrogen (secondary N) is 2. The van der Waals surface area contributed by atoms with Gasteiger partial charge >= 0.3 is 0 Å². The molecular formula is C34H28Cl2N4O5. The number of fused-ring (bicyclic) bond motifs is 1. The lowest BCUT2D eigenvalue weighted by Crippen LogP contribution is -2.37. The predicted molar refractivity (Wildman–Crippen MR) is 176 cm³/mol. The zero-order chi connectivity index (χ0) is 31.9. The van der Waals surface area contributed by atoms with Crippen LogP contribution in [0.15, 0.2) is 95.8 Å². The Kier molecular flexibility index (Phi) is 9.82. The molecule has 11 heteroatoms. The third-order valence-corrected chi connectivity index (χ3v) is 7.66. The molecular weight excluding hydrogens is 615 g/mol. The highest BCUT2D eigenvalue weighted by atomic mass is 35.5. The number of halogens is 2. The van der Waals surface area contributed by atoms with Crippen molar-refractivity contribution >= 4 is 69.3 Å². The molecule has 0 aliphatic carbocycles. The van der Waals surface area contributed by atoms with Gasteiger partial charge in [-0.3, -0.25) is 14.4 Å². The van der Waals surface area contributed by atoms with Crippen LogP contribution < -0.4 is 20.3 Å². The van der Waals surface area contributed by atoms with Crippen LogP contribution in [0.5, 0.6) is 5.75 Å². The van der Waals surface area contributed by atoms with Crippen LogP contribution in [0.4, 0.5) is 11.4 Å². The lowest BCUT2D eigenvalue weighted by Gasteiger charge is -2.21. The summed E-state index contributed by atoms with van der Waals surface area (Å²) in [6, 6.07) is 21.3. The van der Waals surface area contributed by atoms with Crippen molar-refractivity contribution in [2.75, 3.05) is 23.8 Å². The van der Waals surface area contributed by atoms with Crippen LogP contribution in [0.2, 0.25) is 10.0 Å². The van der Waals surface area contributed by atoms with Crippen LogP contribution in [0.25, 0.3) is 17.0 Å². The van der Waals surface area contributed by atoms with Gasteiger partial charge in [0, 0.05) is 40.5 Å². The van der Waals surface area contributed by atoms with E-state index in [0.717, 1.165) is 22.2 Å². The average molecular weight is 644 g/mol. The summed E-state index contributed by atoms with van der Waals surface area (Å²) in [6.45, 7) is 1.71. The first kappa shape index (κ1) is 31.3. The Labute approximate surface area is 269 Å². The Hall–Kier alpha value is -5.12. The summed E-state index contributed by atoms with van der Waals surface area (Å²) in [7, 11) is 1.56. The van der Waals surface area contributed by atoms with E-state index in [0.29, 0.717) is 33.3 Å². The number of anilines is 2. The summed E-state index contributed by atoms with van der Waals surface area (Å²) in [4.78, 5) is 43.5. The van der Waals surface area contributed by atoms with Crippen LogP contribution in [-0.2, 0) is 16.2 Å². The number of para-hydroxylation sites is 1. The fraction of sp³-hybridized carbons (Fsp3) is 0.118. The van der Waals surface area contributed by atoms with Crippen LogP contribution in [-0.4, -0.2) is 36.3 Å². The number of pyridine rings is 1. The van der Waals surface area contributed by atoms with E-state index in [9.17, 15) is 14.4 Å². The highest BCUT2D eigenvalue weighted by Gasteiger charge is 2.19. The fourth-order valence-electron chi connectivity index (χ4n) is 4.38. The lowest BCUT2D eigenvalue weighted by molar-refractivity contribution is -0.122. The van der Waals surface area contributed by atoms with E-state index in [4.69, 9.17) is 32.4 Å². The van der Waals surface area contributed by atoms with Crippen LogP contribution in [0, 0.1) is 6.92 Å². The molecule has 45 heavy (non-hydrogen) atoms. The number of aromatic nitrogens is 1. The van der Waals surface area contributed by atoms with Gasteiger partial charge < -0.3 is 24.7 Å². The maximum absolute atomic E-state index is 13.0. The number of aryl methyl sites for hydroxylation is 1. The van der Waals surface area contributed by atoms with Gasteiger partial charge in [-0.2, -0.15) is 0 Å². The maximum atomic E-state index is 13.0. The largest absolute Gasteiger partial charge is 0.487 e. The van der Waals surface area contributed by atoms with Crippen molar-refractivity contribution in [1.82, 2.24) is 10.3 Å². The van der Waals surface area contributed by atoms with Crippen molar-refractivity contribution in [3.05, 3.63) is 124 Å². The highest BCUT2D eigenvalue weighted by Crippen LogP contribution is 2.35. The molecule has 0 radical (unpaired) electrons. The number of rotatable bonds is 10.